The van der Waals surface area contributed by atoms with Crippen LogP contribution in [0.3, 0.4) is 0 Å². The average molecular weight is 274 g/mol. The fraction of sp³-hybridized carbons (Fsp3) is 0.588. The number of hydrogen-bond donors (Lipinski definition) is 1. The second-order valence-electron chi connectivity index (χ2n) is 6.09. The minimum atomic E-state index is 0.208. The first-order valence-corrected chi connectivity index (χ1v) is 7.62. The Morgan fingerprint density at radius 2 is 2.00 bits per heavy atom. The molecular weight excluding hydrogens is 248 g/mol. The first-order chi connectivity index (χ1) is 9.58. The molecule has 1 fully saturated rings. The minimum absolute atomic E-state index is 0.208. The average Bonchev–Trinajstić information content (AvgIpc) is 2.43. The molecule has 0 bridgehead atoms. The molecule has 0 radical (unpaired) electrons. The van der Waals surface area contributed by atoms with Gasteiger partial charge < -0.3 is 10.6 Å². The van der Waals surface area contributed by atoms with Crippen LogP contribution in [-0.4, -0.2) is 23.9 Å². The topological polar surface area (TPSA) is 46.3 Å². The summed E-state index contributed by atoms with van der Waals surface area (Å²) in [5, 5.41) is 0. The number of amides is 1. The van der Waals surface area contributed by atoms with E-state index in [1.165, 1.54) is 24.0 Å². The van der Waals surface area contributed by atoms with Gasteiger partial charge in [0.05, 0.1) is 0 Å². The van der Waals surface area contributed by atoms with E-state index in [1.807, 2.05) is 24.1 Å². The Bertz CT molecular complexity index is 458. The molecule has 20 heavy (non-hydrogen) atoms. The van der Waals surface area contributed by atoms with Crippen LogP contribution >= 0.6 is 0 Å². The summed E-state index contributed by atoms with van der Waals surface area (Å²) in [7, 11) is 1.89. The standard InChI is InChI=1S/C17H26N2O/c1-13-7-3-4-9-15(13)12-19(2)17(20)11-14-8-5-6-10-16(14)18/h3-4,7,9,14,16H,5-6,8,10-12,18H2,1-2H3. The molecular formula is C17H26N2O. The van der Waals surface area contributed by atoms with Crippen LogP contribution in [0.25, 0.3) is 0 Å². The molecule has 2 rings (SSSR count). The van der Waals surface area contributed by atoms with Crippen molar-refractivity contribution in [2.45, 2.75) is 51.6 Å². The lowest BCUT2D eigenvalue weighted by Gasteiger charge is -2.29. The lowest BCUT2D eigenvalue weighted by Crippen LogP contribution is -2.37. The van der Waals surface area contributed by atoms with Crippen LogP contribution in [0.2, 0.25) is 0 Å². The van der Waals surface area contributed by atoms with Gasteiger partial charge in [-0.1, -0.05) is 37.1 Å². The zero-order valence-electron chi connectivity index (χ0n) is 12.6. The maximum Gasteiger partial charge on any atom is 0.222 e. The van der Waals surface area contributed by atoms with Crippen molar-refractivity contribution >= 4 is 5.91 Å². The van der Waals surface area contributed by atoms with Gasteiger partial charge in [-0.05, 0) is 36.8 Å². The summed E-state index contributed by atoms with van der Waals surface area (Å²) in [6.07, 6.45) is 5.20. The number of benzene rings is 1. The van der Waals surface area contributed by atoms with E-state index in [0.29, 0.717) is 18.9 Å². The molecule has 1 saturated carbocycles. The normalized spacial score (nSPS) is 22.6. The number of nitrogens with two attached hydrogens (primary N) is 1. The summed E-state index contributed by atoms with van der Waals surface area (Å²) >= 11 is 0. The van der Waals surface area contributed by atoms with Crippen molar-refractivity contribution in [2.75, 3.05) is 7.05 Å². The van der Waals surface area contributed by atoms with Crippen molar-refractivity contribution in [3.8, 4) is 0 Å². The summed E-state index contributed by atoms with van der Waals surface area (Å²) in [6, 6.07) is 8.44. The first kappa shape index (κ1) is 15.0. The highest BCUT2D eigenvalue weighted by atomic mass is 16.2. The highest BCUT2D eigenvalue weighted by Crippen LogP contribution is 2.26. The van der Waals surface area contributed by atoms with Crippen molar-refractivity contribution in [3.05, 3.63) is 35.4 Å². The van der Waals surface area contributed by atoms with Crippen LogP contribution in [0.1, 0.15) is 43.2 Å². The lowest BCUT2D eigenvalue weighted by molar-refractivity contribution is -0.131. The summed E-state index contributed by atoms with van der Waals surface area (Å²) in [6.45, 7) is 2.78. The summed E-state index contributed by atoms with van der Waals surface area (Å²) < 4.78 is 0. The SMILES string of the molecule is Cc1ccccc1CN(C)C(=O)CC1CCCCC1N. The van der Waals surface area contributed by atoms with Gasteiger partial charge in [0.2, 0.25) is 5.91 Å². The maximum absolute atomic E-state index is 12.3. The van der Waals surface area contributed by atoms with Gasteiger partial charge in [-0.2, -0.15) is 0 Å². The third-order valence-electron chi connectivity index (χ3n) is 4.50. The molecule has 0 aliphatic heterocycles. The highest BCUT2D eigenvalue weighted by Gasteiger charge is 2.25. The van der Waals surface area contributed by atoms with Gasteiger partial charge in [0.15, 0.2) is 0 Å². The van der Waals surface area contributed by atoms with Crippen LogP contribution in [0.15, 0.2) is 24.3 Å². The van der Waals surface area contributed by atoms with Gasteiger partial charge in [0.1, 0.15) is 0 Å². The summed E-state index contributed by atoms with van der Waals surface area (Å²) in [4.78, 5) is 14.2. The molecule has 0 aromatic heterocycles. The highest BCUT2D eigenvalue weighted by molar-refractivity contribution is 5.76. The van der Waals surface area contributed by atoms with Crippen molar-refractivity contribution in [1.29, 1.82) is 0 Å². The van der Waals surface area contributed by atoms with Crippen LogP contribution in [0, 0.1) is 12.8 Å². The van der Waals surface area contributed by atoms with Crippen LogP contribution < -0.4 is 5.73 Å². The molecule has 3 heteroatoms. The second-order valence-corrected chi connectivity index (χ2v) is 6.09. The predicted octanol–water partition coefficient (Wildman–Crippen LogP) is 2.86. The molecule has 0 saturated heterocycles. The first-order valence-electron chi connectivity index (χ1n) is 7.62. The van der Waals surface area contributed by atoms with Crippen molar-refractivity contribution in [1.82, 2.24) is 4.90 Å². The Labute approximate surface area is 122 Å². The second kappa shape index (κ2) is 6.89. The third kappa shape index (κ3) is 3.83. The smallest absolute Gasteiger partial charge is 0.222 e. The Balaban J connectivity index is 1.90. The van der Waals surface area contributed by atoms with Gasteiger partial charge in [-0.3, -0.25) is 4.79 Å². The number of hydrogen-bond acceptors (Lipinski definition) is 2. The number of rotatable bonds is 4. The maximum atomic E-state index is 12.3. The Kier molecular flexibility index (Phi) is 5.18. The van der Waals surface area contributed by atoms with Gasteiger partial charge >= 0.3 is 0 Å². The van der Waals surface area contributed by atoms with Crippen LogP contribution in [0.5, 0.6) is 0 Å². The molecule has 110 valence electrons. The van der Waals surface area contributed by atoms with E-state index in [4.69, 9.17) is 5.73 Å². The van der Waals surface area contributed by atoms with E-state index in [1.54, 1.807) is 0 Å². The molecule has 1 aromatic rings. The number of aryl methyl sites for hydroxylation is 1. The van der Waals surface area contributed by atoms with Gasteiger partial charge in [0.25, 0.3) is 0 Å². The summed E-state index contributed by atoms with van der Waals surface area (Å²) in [5.74, 6) is 0.589. The van der Waals surface area contributed by atoms with Gasteiger partial charge in [-0.15, -0.1) is 0 Å². The van der Waals surface area contributed by atoms with Gasteiger partial charge in [-0.25, -0.2) is 0 Å². The van der Waals surface area contributed by atoms with Crippen LogP contribution in [0.4, 0.5) is 0 Å². The van der Waals surface area contributed by atoms with Crippen molar-refractivity contribution in [3.63, 3.8) is 0 Å². The molecule has 2 unspecified atom stereocenters. The van der Waals surface area contributed by atoms with E-state index in [0.717, 1.165) is 12.8 Å². The Hall–Kier alpha value is -1.35. The zero-order valence-corrected chi connectivity index (χ0v) is 12.6. The molecule has 2 N–H and O–H groups in total. The molecule has 2 atom stereocenters. The third-order valence-corrected chi connectivity index (χ3v) is 4.50. The quantitative estimate of drug-likeness (QED) is 0.917. The van der Waals surface area contributed by atoms with E-state index in [9.17, 15) is 4.79 Å². The predicted molar refractivity (Wildman–Crippen MR) is 82.2 cm³/mol. The van der Waals surface area contributed by atoms with E-state index in [2.05, 4.69) is 19.1 Å². The Morgan fingerprint density at radius 3 is 2.70 bits per heavy atom. The van der Waals surface area contributed by atoms with E-state index >= 15 is 0 Å². The van der Waals surface area contributed by atoms with Crippen molar-refractivity contribution < 1.29 is 4.79 Å². The van der Waals surface area contributed by atoms with Gasteiger partial charge in [0, 0.05) is 26.1 Å². The molecule has 3 nitrogen and oxygen atoms in total. The molecule has 1 aliphatic carbocycles. The van der Waals surface area contributed by atoms with Crippen molar-refractivity contribution in [2.24, 2.45) is 11.7 Å². The largest absolute Gasteiger partial charge is 0.341 e. The number of carbonyl (C=O) groups excluding carboxylic acids is 1. The molecule has 1 amide bonds. The molecule has 0 spiro atoms. The number of carbonyl (C=O) groups is 1. The Morgan fingerprint density at radius 1 is 1.30 bits per heavy atom. The fourth-order valence-corrected chi connectivity index (χ4v) is 3.00. The van der Waals surface area contributed by atoms with Crippen LogP contribution in [-0.2, 0) is 11.3 Å². The summed E-state index contributed by atoms with van der Waals surface area (Å²) in [5.41, 5.74) is 8.59. The lowest BCUT2D eigenvalue weighted by atomic mass is 9.83. The number of nitrogens with zero attached hydrogens (tertiary/aromatic N) is 1. The van der Waals surface area contributed by atoms with E-state index < -0.39 is 0 Å². The minimum Gasteiger partial charge on any atom is -0.341 e. The van der Waals surface area contributed by atoms with E-state index in [-0.39, 0.29) is 11.9 Å². The molecule has 0 heterocycles. The molecule has 1 aliphatic rings. The monoisotopic (exact) mass is 274 g/mol. The zero-order chi connectivity index (χ0) is 14.5. The fourth-order valence-electron chi connectivity index (χ4n) is 3.00. The molecule has 1 aromatic carbocycles.